The predicted molar refractivity (Wildman–Crippen MR) is 112 cm³/mol. The maximum absolute atomic E-state index is 11.8. The Hall–Kier alpha value is -2.81. The van der Waals surface area contributed by atoms with Crippen LogP contribution in [-0.4, -0.2) is 29.3 Å². The molecule has 0 unspecified atom stereocenters. The van der Waals surface area contributed by atoms with Crippen LogP contribution < -0.4 is 21.1 Å². The van der Waals surface area contributed by atoms with Crippen molar-refractivity contribution < 1.29 is 14.2 Å². The number of benzene rings is 2. The van der Waals surface area contributed by atoms with Gasteiger partial charge in [0.15, 0.2) is 0 Å². The fourth-order valence-electron chi connectivity index (χ4n) is 2.49. The van der Waals surface area contributed by atoms with Gasteiger partial charge in [0.2, 0.25) is 11.5 Å². The van der Waals surface area contributed by atoms with Gasteiger partial charge in [-0.25, -0.2) is 4.63 Å². The van der Waals surface area contributed by atoms with E-state index in [4.69, 9.17) is 22.1 Å². The molecule has 0 spiro atoms. The Bertz CT molecular complexity index is 935. The number of amides is 1. The summed E-state index contributed by atoms with van der Waals surface area (Å²) in [5.41, 5.74) is 7.40. The number of rotatable bonds is 9. The summed E-state index contributed by atoms with van der Waals surface area (Å²) in [6, 6.07) is 15.3. The molecule has 8 nitrogen and oxygen atoms in total. The van der Waals surface area contributed by atoms with Crippen molar-refractivity contribution in [3.63, 3.8) is 0 Å². The summed E-state index contributed by atoms with van der Waals surface area (Å²) in [5.74, 6) is 0.319. The van der Waals surface area contributed by atoms with E-state index in [1.165, 1.54) is 0 Å². The van der Waals surface area contributed by atoms with Gasteiger partial charge in [0.05, 0.1) is 0 Å². The lowest BCUT2D eigenvalue weighted by Gasteiger charge is -2.13. The highest BCUT2D eigenvalue weighted by molar-refractivity contribution is 6.31. The van der Waals surface area contributed by atoms with Gasteiger partial charge in [0.1, 0.15) is 12.4 Å². The minimum atomic E-state index is -0.427. The van der Waals surface area contributed by atoms with Crippen molar-refractivity contribution in [2.75, 3.05) is 18.8 Å². The molecular weight excluding hydrogens is 417 g/mol. The van der Waals surface area contributed by atoms with Crippen molar-refractivity contribution in [3.8, 4) is 5.75 Å². The number of aromatic nitrogens is 2. The third-order valence-electron chi connectivity index (χ3n) is 3.95. The fourth-order valence-corrected chi connectivity index (χ4v) is 2.68. The second-order valence-electron chi connectivity index (χ2n) is 5.92. The first kappa shape index (κ1) is 22.5. The molecule has 0 fully saturated rings. The van der Waals surface area contributed by atoms with Crippen LogP contribution in [0.5, 0.6) is 5.75 Å². The zero-order chi connectivity index (χ0) is 19.8. The van der Waals surface area contributed by atoms with Crippen LogP contribution >= 0.6 is 24.0 Å². The van der Waals surface area contributed by atoms with Crippen LogP contribution in [0, 0.1) is 0 Å². The lowest BCUT2D eigenvalue weighted by atomic mass is 10.2. The van der Waals surface area contributed by atoms with Crippen molar-refractivity contribution in [2.45, 2.75) is 13.2 Å². The SMILES string of the molecule is Cl.Nc1nonc1C(=O)NCCNCc1ccccc1OCc1ccccc1Cl. The van der Waals surface area contributed by atoms with Crippen LogP contribution in [0.1, 0.15) is 21.6 Å². The Balaban J connectivity index is 0.00000300. The average Bonchev–Trinajstić information content (AvgIpc) is 3.14. The Morgan fingerprint density at radius 2 is 1.79 bits per heavy atom. The van der Waals surface area contributed by atoms with Gasteiger partial charge in [-0.1, -0.05) is 48.0 Å². The Labute approximate surface area is 179 Å². The summed E-state index contributed by atoms with van der Waals surface area (Å²) < 4.78 is 10.3. The zero-order valence-corrected chi connectivity index (χ0v) is 17.0. The van der Waals surface area contributed by atoms with Gasteiger partial charge in [0.25, 0.3) is 5.91 Å². The second-order valence-corrected chi connectivity index (χ2v) is 6.33. The first-order valence-electron chi connectivity index (χ1n) is 8.66. The van der Waals surface area contributed by atoms with E-state index >= 15 is 0 Å². The molecule has 10 heteroatoms. The molecule has 0 radical (unpaired) electrons. The Morgan fingerprint density at radius 1 is 1.07 bits per heavy atom. The third-order valence-corrected chi connectivity index (χ3v) is 4.31. The standard InChI is InChI=1S/C19H20ClN5O3.ClH/c20-15-7-3-1-6-14(15)12-27-16-8-4-2-5-13(16)11-22-9-10-23-19(26)17-18(21)25-28-24-17;/h1-8,22H,9-12H2,(H2,21,25)(H,23,26);1H. The first-order chi connectivity index (χ1) is 13.6. The molecule has 0 aliphatic rings. The number of nitrogens with zero attached hydrogens (tertiary/aromatic N) is 2. The number of anilines is 1. The molecule has 0 aliphatic carbocycles. The molecule has 3 rings (SSSR count). The molecule has 0 aliphatic heterocycles. The van der Waals surface area contributed by atoms with Crippen molar-refractivity contribution in [1.82, 2.24) is 20.9 Å². The number of nitrogens with two attached hydrogens (primary N) is 1. The molecule has 0 saturated heterocycles. The topological polar surface area (TPSA) is 115 Å². The number of carbonyl (C=O) groups excluding carboxylic acids is 1. The quantitative estimate of drug-likeness (QED) is 0.440. The number of para-hydroxylation sites is 1. The van der Waals surface area contributed by atoms with E-state index < -0.39 is 5.91 Å². The first-order valence-corrected chi connectivity index (χ1v) is 9.04. The number of nitrogens with one attached hydrogen (secondary N) is 2. The molecule has 154 valence electrons. The van der Waals surface area contributed by atoms with Gasteiger partial charge >= 0.3 is 0 Å². The largest absolute Gasteiger partial charge is 0.489 e. The second kappa shape index (κ2) is 11.3. The lowest BCUT2D eigenvalue weighted by molar-refractivity contribution is 0.0944. The fraction of sp³-hybridized carbons (Fsp3) is 0.211. The van der Waals surface area contributed by atoms with E-state index in [-0.39, 0.29) is 23.9 Å². The number of carbonyl (C=O) groups is 1. The van der Waals surface area contributed by atoms with E-state index in [1.807, 2.05) is 48.5 Å². The van der Waals surface area contributed by atoms with Gasteiger partial charge in [-0.3, -0.25) is 4.79 Å². The smallest absolute Gasteiger partial charge is 0.277 e. The summed E-state index contributed by atoms with van der Waals surface area (Å²) in [6.07, 6.45) is 0. The molecule has 4 N–H and O–H groups in total. The molecule has 1 aromatic heterocycles. The average molecular weight is 438 g/mol. The molecule has 2 aromatic carbocycles. The maximum atomic E-state index is 11.8. The normalized spacial score (nSPS) is 10.2. The van der Waals surface area contributed by atoms with Crippen LogP contribution in [0.25, 0.3) is 0 Å². The summed E-state index contributed by atoms with van der Waals surface area (Å²) >= 11 is 6.17. The van der Waals surface area contributed by atoms with Crippen LogP contribution in [0.4, 0.5) is 5.82 Å². The van der Waals surface area contributed by atoms with Crippen LogP contribution in [0.3, 0.4) is 0 Å². The van der Waals surface area contributed by atoms with Crippen LogP contribution in [0.15, 0.2) is 53.2 Å². The van der Waals surface area contributed by atoms with Gasteiger partial charge in [-0.05, 0) is 22.4 Å². The number of ether oxygens (including phenoxy) is 1. The number of hydrogen-bond donors (Lipinski definition) is 3. The van der Waals surface area contributed by atoms with E-state index in [2.05, 4.69) is 25.6 Å². The highest BCUT2D eigenvalue weighted by Gasteiger charge is 2.14. The third kappa shape index (κ3) is 6.35. The molecule has 3 aromatic rings. The van der Waals surface area contributed by atoms with Crippen molar-refractivity contribution >= 4 is 35.7 Å². The zero-order valence-electron chi connectivity index (χ0n) is 15.4. The molecule has 1 heterocycles. The lowest BCUT2D eigenvalue weighted by Crippen LogP contribution is -2.32. The van der Waals surface area contributed by atoms with Crippen LogP contribution in [0.2, 0.25) is 5.02 Å². The molecule has 0 saturated carbocycles. The van der Waals surface area contributed by atoms with Crippen molar-refractivity contribution in [2.24, 2.45) is 0 Å². The summed E-state index contributed by atoms with van der Waals surface area (Å²) in [4.78, 5) is 11.8. The predicted octanol–water partition coefficient (Wildman–Crippen LogP) is 2.83. The van der Waals surface area contributed by atoms with Gasteiger partial charge < -0.3 is 21.1 Å². The minimum absolute atomic E-state index is 0. The van der Waals surface area contributed by atoms with E-state index in [1.54, 1.807) is 0 Å². The molecule has 0 bridgehead atoms. The van der Waals surface area contributed by atoms with Crippen LogP contribution in [-0.2, 0) is 13.2 Å². The van der Waals surface area contributed by atoms with Gasteiger partial charge in [0, 0.05) is 35.8 Å². The molecular formula is C19H21Cl2N5O3. The van der Waals surface area contributed by atoms with Crippen molar-refractivity contribution in [1.29, 1.82) is 0 Å². The molecule has 1 amide bonds. The number of halogens is 2. The van der Waals surface area contributed by atoms with Crippen molar-refractivity contribution in [3.05, 3.63) is 70.4 Å². The summed E-state index contributed by atoms with van der Waals surface area (Å²) in [7, 11) is 0. The van der Waals surface area contributed by atoms with E-state index in [9.17, 15) is 4.79 Å². The highest BCUT2D eigenvalue weighted by atomic mass is 35.5. The van der Waals surface area contributed by atoms with Gasteiger partial charge in [-0.2, -0.15) is 0 Å². The van der Waals surface area contributed by atoms with E-state index in [0.717, 1.165) is 16.9 Å². The minimum Gasteiger partial charge on any atom is -0.489 e. The molecule has 29 heavy (non-hydrogen) atoms. The Kier molecular flexibility index (Phi) is 8.72. The number of hydrogen-bond acceptors (Lipinski definition) is 7. The molecule has 0 atom stereocenters. The monoisotopic (exact) mass is 437 g/mol. The van der Waals surface area contributed by atoms with Gasteiger partial charge in [-0.15, -0.1) is 12.4 Å². The highest BCUT2D eigenvalue weighted by Crippen LogP contribution is 2.21. The van der Waals surface area contributed by atoms with E-state index in [0.29, 0.717) is 31.3 Å². The summed E-state index contributed by atoms with van der Waals surface area (Å²) in [6.45, 7) is 1.92. The number of nitrogen functional groups attached to an aromatic ring is 1. The maximum Gasteiger partial charge on any atom is 0.277 e. The Morgan fingerprint density at radius 3 is 2.52 bits per heavy atom. The summed E-state index contributed by atoms with van der Waals surface area (Å²) in [5, 5.41) is 13.4.